The Hall–Kier alpha value is -2.10. The van der Waals surface area contributed by atoms with Crippen LogP contribution in [0, 0.1) is 6.92 Å². The molecule has 0 spiro atoms. The second kappa shape index (κ2) is 5.11. The second-order valence-corrected chi connectivity index (χ2v) is 3.28. The Morgan fingerprint density at radius 2 is 2.19 bits per heavy atom. The van der Waals surface area contributed by atoms with Gasteiger partial charge < -0.3 is 9.84 Å². The highest BCUT2D eigenvalue weighted by molar-refractivity contribution is 5.89. The van der Waals surface area contributed by atoms with Crippen LogP contribution in [0.1, 0.15) is 21.5 Å². The first-order valence-corrected chi connectivity index (χ1v) is 4.66. The molecule has 1 aromatic rings. The molecule has 0 heterocycles. The number of hydrogen-bond donors (Lipinski definition) is 1. The third-order valence-electron chi connectivity index (χ3n) is 2.03. The van der Waals surface area contributed by atoms with Gasteiger partial charge in [0.05, 0.1) is 5.56 Å². The lowest BCUT2D eigenvalue weighted by Gasteiger charge is -2.07. The van der Waals surface area contributed by atoms with E-state index in [9.17, 15) is 9.59 Å². The highest BCUT2D eigenvalue weighted by Gasteiger charge is 2.10. The van der Waals surface area contributed by atoms with E-state index < -0.39 is 11.9 Å². The van der Waals surface area contributed by atoms with E-state index in [1.54, 1.807) is 12.1 Å². The monoisotopic (exact) mass is 220 g/mol. The number of carboxylic acid groups (broad SMARTS) is 1. The molecule has 0 saturated heterocycles. The van der Waals surface area contributed by atoms with Crippen LogP contribution in [0.3, 0.4) is 0 Å². The Balaban J connectivity index is 2.92. The molecule has 0 aliphatic heterocycles. The van der Waals surface area contributed by atoms with Gasteiger partial charge in [-0.2, -0.15) is 0 Å². The van der Waals surface area contributed by atoms with Gasteiger partial charge in [0, 0.05) is 11.6 Å². The summed E-state index contributed by atoms with van der Waals surface area (Å²) in [6, 6.07) is 4.87. The minimum absolute atomic E-state index is 0.0613. The first-order chi connectivity index (χ1) is 7.54. The Kier molecular flexibility index (Phi) is 3.83. The molecule has 4 nitrogen and oxygen atoms in total. The summed E-state index contributed by atoms with van der Waals surface area (Å²) in [5.74, 6) is -1.61. The highest BCUT2D eigenvalue weighted by atomic mass is 16.5. The number of esters is 1. The smallest absolute Gasteiger partial charge is 0.336 e. The molecule has 1 N–H and O–H groups in total. The van der Waals surface area contributed by atoms with Crippen LogP contribution in [-0.4, -0.2) is 17.0 Å². The number of carbonyl (C=O) groups excluding carboxylic acids is 1. The van der Waals surface area contributed by atoms with E-state index in [-0.39, 0.29) is 12.2 Å². The zero-order chi connectivity index (χ0) is 12.1. The lowest BCUT2D eigenvalue weighted by molar-refractivity contribution is -0.139. The summed E-state index contributed by atoms with van der Waals surface area (Å²) in [7, 11) is 0. The van der Waals surface area contributed by atoms with Crippen LogP contribution in [0.15, 0.2) is 30.9 Å². The molecule has 0 radical (unpaired) electrons. The van der Waals surface area contributed by atoms with Crippen molar-refractivity contribution >= 4 is 11.9 Å². The van der Waals surface area contributed by atoms with Gasteiger partial charge in [0.25, 0.3) is 0 Å². The predicted molar refractivity (Wildman–Crippen MR) is 58.1 cm³/mol. The topological polar surface area (TPSA) is 63.6 Å². The normalized spacial score (nSPS) is 9.56. The van der Waals surface area contributed by atoms with Crippen LogP contribution in [-0.2, 0) is 16.1 Å². The summed E-state index contributed by atoms with van der Waals surface area (Å²) in [4.78, 5) is 21.8. The van der Waals surface area contributed by atoms with Crippen LogP contribution in [0.25, 0.3) is 0 Å². The van der Waals surface area contributed by atoms with E-state index in [4.69, 9.17) is 9.84 Å². The molecular formula is C12H12O4. The molecular weight excluding hydrogens is 208 g/mol. The van der Waals surface area contributed by atoms with E-state index in [1.807, 2.05) is 6.92 Å². The molecule has 0 aliphatic carbocycles. The van der Waals surface area contributed by atoms with Gasteiger partial charge in [0.1, 0.15) is 6.61 Å². The van der Waals surface area contributed by atoms with Gasteiger partial charge in [-0.3, -0.25) is 0 Å². The average molecular weight is 220 g/mol. The van der Waals surface area contributed by atoms with Gasteiger partial charge in [-0.05, 0) is 13.0 Å². The summed E-state index contributed by atoms with van der Waals surface area (Å²) in [5, 5.41) is 8.92. The third-order valence-corrected chi connectivity index (χ3v) is 2.03. The van der Waals surface area contributed by atoms with Crippen molar-refractivity contribution in [1.29, 1.82) is 0 Å². The van der Waals surface area contributed by atoms with Crippen LogP contribution >= 0.6 is 0 Å². The molecule has 0 aliphatic rings. The fourth-order valence-corrected chi connectivity index (χ4v) is 1.26. The molecule has 0 atom stereocenters. The van der Waals surface area contributed by atoms with Crippen LogP contribution < -0.4 is 0 Å². The minimum atomic E-state index is -1.04. The van der Waals surface area contributed by atoms with Crippen molar-refractivity contribution in [3.05, 3.63) is 47.5 Å². The minimum Gasteiger partial charge on any atom is -0.478 e. The number of rotatable bonds is 4. The molecule has 84 valence electrons. The molecule has 0 aromatic heterocycles. The van der Waals surface area contributed by atoms with Crippen molar-refractivity contribution in [2.45, 2.75) is 13.5 Å². The average Bonchev–Trinajstić information content (AvgIpc) is 2.25. The van der Waals surface area contributed by atoms with Gasteiger partial charge in [0.15, 0.2) is 0 Å². The standard InChI is InChI=1S/C12H12O4/c1-3-11(13)16-7-9-6-8(2)4-5-10(9)12(14)15/h3-6H,1,7H2,2H3,(H,14,15). The van der Waals surface area contributed by atoms with Gasteiger partial charge in [0.2, 0.25) is 0 Å². The maximum Gasteiger partial charge on any atom is 0.336 e. The van der Waals surface area contributed by atoms with Crippen molar-refractivity contribution < 1.29 is 19.4 Å². The van der Waals surface area contributed by atoms with Crippen molar-refractivity contribution in [3.63, 3.8) is 0 Å². The largest absolute Gasteiger partial charge is 0.478 e. The van der Waals surface area contributed by atoms with Crippen molar-refractivity contribution in [2.24, 2.45) is 0 Å². The third kappa shape index (κ3) is 2.95. The van der Waals surface area contributed by atoms with Gasteiger partial charge in [-0.1, -0.05) is 24.3 Å². The van der Waals surface area contributed by atoms with Crippen molar-refractivity contribution in [1.82, 2.24) is 0 Å². The zero-order valence-corrected chi connectivity index (χ0v) is 8.90. The van der Waals surface area contributed by atoms with Gasteiger partial charge in [-0.25, -0.2) is 9.59 Å². The number of carbonyl (C=O) groups is 2. The molecule has 1 rings (SSSR count). The molecule has 0 fully saturated rings. The van der Waals surface area contributed by atoms with Crippen LogP contribution in [0.2, 0.25) is 0 Å². The lowest BCUT2D eigenvalue weighted by Crippen LogP contribution is -2.07. The Morgan fingerprint density at radius 1 is 1.50 bits per heavy atom. The van der Waals surface area contributed by atoms with E-state index in [1.165, 1.54) is 6.07 Å². The van der Waals surface area contributed by atoms with Crippen LogP contribution in [0.5, 0.6) is 0 Å². The molecule has 1 aromatic carbocycles. The SMILES string of the molecule is C=CC(=O)OCc1cc(C)ccc1C(=O)O. The molecule has 0 amide bonds. The number of aromatic carboxylic acids is 1. The molecule has 0 unspecified atom stereocenters. The van der Waals surface area contributed by atoms with Gasteiger partial charge >= 0.3 is 11.9 Å². The van der Waals surface area contributed by atoms with E-state index in [0.717, 1.165) is 11.6 Å². The van der Waals surface area contributed by atoms with Gasteiger partial charge in [-0.15, -0.1) is 0 Å². The van der Waals surface area contributed by atoms with E-state index >= 15 is 0 Å². The maximum absolute atomic E-state index is 10.9. The second-order valence-electron chi connectivity index (χ2n) is 3.28. The fraction of sp³-hybridized carbons (Fsp3) is 0.167. The van der Waals surface area contributed by atoms with Crippen molar-refractivity contribution in [2.75, 3.05) is 0 Å². The lowest BCUT2D eigenvalue weighted by atomic mass is 10.1. The summed E-state index contributed by atoms with van der Waals surface area (Å²) in [6.45, 7) is 5.03. The first kappa shape index (κ1) is 12.0. The maximum atomic E-state index is 10.9. The Bertz CT molecular complexity index is 435. The number of hydrogen-bond acceptors (Lipinski definition) is 3. The summed E-state index contributed by atoms with van der Waals surface area (Å²) < 4.78 is 4.80. The highest BCUT2D eigenvalue weighted by Crippen LogP contribution is 2.13. The summed E-state index contributed by atoms with van der Waals surface area (Å²) in [5.41, 5.74) is 1.53. The number of carboxylic acids is 1. The quantitative estimate of drug-likeness (QED) is 0.622. The summed E-state index contributed by atoms with van der Waals surface area (Å²) in [6.07, 6.45) is 1.04. The number of ether oxygens (including phenoxy) is 1. The number of benzene rings is 1. The molecule has 0 saturated carbocycles. The van der Waals surface area contributed by atoms with E-state index in [2.05, 4.69) is 6.58 Å². The fourth-order valence-electron chi connectivity index (χ4n) is 1.26. The molecule has 4 heteroatoms. The number of aryl methyl sites for hydroxylation is 1. The Morgan fingerprint density at radius 3 is 2.75 bits per heavy atom. The first-order valence-electron chi connectivity index (χ1n) is 4.66. The Labute approximate surface area is 93.2 Å². The molecule has 0 bridgehead atoms. The van der Waals surface area contributed by atoms with Crippen molar-refractivity contribution in [3.8, 4) is 0 Å². The molecule has 16 heavy (non-hydrogen) atoms. The van der Waals surface area contributed by atoms with Crippen LogP contribution in [0.4, 0.5) is 0 Å². The summed E-state index contributed by atoms with van der Waals surface area (Å²) >= 11 is 0. The predicted octanol–water partition coefficient (Wildman–Crippen LogP) is 1.92. The van der Waals surface area contributed by atoms with E-state index in [0.29, 0.717) is 5.56 Å². The zero-order valence-electron chi connectivity index (χ0n) is 8.90.